The van der Waals surface area contributed by atoms with Crippen molar-refractivity contribution in [1.82, 2.24) is 0 Å². The molecule has 0 aromatic heterocycles. The Kier molecular flexibility index (Phi) is 4.51. The van der Waals surface area contributed by atoms with Gasteiger partial charge < -0.3 is 10.8 Å². The summed E-state index contributed by atoms with van der Waals surface area (Å²) in [6.07, 6.45) is 0.276. The maximum atomic E-state index is 10.6. The third-order valence-corrected chi connectivity index (χ3v) is 3.49. The lowest BCUT2D eigenvalue weighted by Gasteiger charge is -2.29. The van der Waals surface area contributed by atoms with Gasteiger partial charge >= 0.3 is 0 Å². The third-order valence-electron chi connectivity index (χ3n) is 3.49. The summed E-state index contributed by atoms with van der Waals surface area (Å²) in [5.74, 6) is 0.345. The summed E-state index contributed by atoms with van der Waals surface area (Å²) in [7, 11) is 0. The highest BCUT2D eigenvalue weighted by atomic mass is 16.3. The first-order chi connectivity index (χ1) is 8.98. The van der Waals surface area contributed by atoms with Crippen LogP contribution in [0.3, 0.4) is 0 Å². The number of nitriles is 1. The van der Waals surface area contributed by atoms with Gasteiger partial charge in [-0.3, -0.25) is 0 Å². The molecule has 0 heterocycles. The van der Waals surface area contributed by atoms with E-state index < -0.39 is 0 Å². The summed E-state index contributed by atoms with van der Waals surface area (Å²) in [6.45, 7) is 12.4. The smallest absolute Gasteiger partial charge is 0.123 e. The lowest BCUT2D eigenvalue weighted by molar-refractivity contribution is 0.422. The van der Waals surface area contributed by atoms with Crippen molar-refractivity contribution in [2.24, 2.45) is 5.73 Å². The molecule has 0 aliphatic carbocycles. The molecule has 3 nitrogen and oxygen atoms in total. The second kappa shape index (κ2) is 5.46. The van der Waals surface area contributed by atoms with Gasteiger partial charge in [0, 0.05) is 6.04 Å². The first kappa shape index (κ1) is 16.5. The number of aromatic hydroxyl groups is 1. The molecule has 1 atom stereocenters. The van der Waals surface area contributed by atoms with Crippen LogP contribution in [0, 0.1) is 11.3 Å². The van der Waals surface area contributed by atoms with Crippen LogP contribution >= 0.6 is 0 Å². The predicted octanol–water partition coefficient (Wildman–Crippen LogP) is 3.90. The largest absolute Gasteiger partial charge is 0.507 e. The van der Waals surface area contributed by atoms with E-state index in [1.54, 1.807) is 0 Å². The van der Waals surface area contributed by atoms with Crippen LogP contribution in [0.25, 0.3) is 0 Å². The van der Waals surface area contributed by atoms with E-state index in [0.29, 0.717) is 5.75 Å². The Morgan fingerprint density at radius 1 is 1.10 bits per heavy atom. The average molecular weight is 274 g/mol. The Morgan fingerprint density at radius 2 is 1.50 bits per heavy atom. The van der Waals surface area contributed by atoms with Crippen LogP contribution in [0.4, 0.5) is 0 Å². The molecule has 0 saturated heterocycles. The fourth-order valence-electron chi connectivity index (χ4n) is 2.23. The summed E-state index contributed by atoms with van der Waals surface area (Å²) < 4.78 is 0. The van der Waals surface area contributed by atoms with E-state index in [-0.39, 0.29) is 23.3 Å². The van der Waals surface area contributed by atoms with Crippen LogP contribution in [0.5, 0.6) is 5.75 Å². The van der Waals surface area contributed by atoms with Gasteiger partial charge in [-0.15, -0.1) is 0 Å². The number of nitrogens with two attached hydrogens (primary N) is 1. The highest BCUT2D eigenvalue weighted by Crippen LogP contribution is 2.40. The number of rotatable bonds is 2. The zero-order valence-corrected chi connectivity index (χ0v) is 13.4. The number of phenols is 1. The van der Waals surface area contributed by atoms with Gasteiger partial charge in [-0.05, 0) is 39.7 Å². The third kappa shape index (κ3) is 3.52. The van der Waals surface area contributed by atoms with Gasteiger partial charge in [-0.2, -0.15) is 5.26 Å². The highest BCUT2D eigenvalue weighted by molar-refractivity contribution is 5.50. The van der Waals surface area contributed by atoms with E-state index in [1.807, 2.05) is 12.1 Å². The van der Waals surface area contributed by atoms with Gasteiger partial charge in [-0.25, -0.2) is 0 Å². The molecule has 0 fully saturated rings. The summed E-state index contributed by atoms with van der Waals surface area (Å²) >= 11 is 0. The molecule has 0 saturated carbocycles. The predicted molar refractivity (Wildman–Crippen MR) is 82.7 cm³/mol. The summed E-state index contributed by atoms with van der Waals surface area (Å²) in [5.41, 5.74) is 8.41. The molecule has 0 spiro atoms. The van der Waals surface area contributed by atoms with Gasteiger partial charge in [0.1, 0.15) is 5.75 Å². The molecule has 1 aromatic rings. The van der Waals surface area contributed by atoms with Crippen molar-refractivity contribution < 1.29 is 5.11 Å². The van der Waals surface area contributed by atoms with E-state index in [4.69, 9.17) is 11.0 Å². The normalized spacial score (nSPS) is 13.9. The number of benzene rings is 1. The Morgan fingerprint density at radius 3 is 1.80 bits per heavy atom. The van der Waals surface area contributed by atoms with Crippen LogP contribution in [0.1, 0.15) is 70.7 Å². The zero-order chi connectivity index (χ0) is 15.7. The van der Waals surface area contributed by atoms with E-state index in [1.165, 1.54) is 0 Å². The van der Waals surface area contributed by atoms with Gasteiger partial charge in [0.2, 0.25) is 0 Å². The van der Waals surface area contributed by atoms with Crippen LogP contribution in [0.15, 0.2) is 12.1 Å². The molecule has 0 unspecified atom stereocenters. The number of hydrogen-bond donors (Lipinski definition) is 2. The second-order valence-electron chi connectivity index (χ2n) is 7.43. The molecule has 0 radical (unpaired) electrons. The topological polar surface area (TPSA) is 70.0 Å². The summed E-state index contributed by atoms with van der Waals surface area (Å²) in [4.78, 5) is 0. The SMILES string of the molecule is CC(C)(C)c1cc([C@@H](N)CC#N)cc(C(C)(C)C)c1O. The minimum atomic E-state index is -0.317. The molecule has 1 rings (SSSR count). The van der Waals surface area contributed by atoms with Crippen LogP contribution < -0.4 is 5.73 Å². The maximum Gasteiger partial charge on any atom is 0.123 e. The van der Waals surface area contributed by atoms with Crippen molar-refractivity contribution in [2.75, 3.05) is 0 Å². The average Bonchev–Trinajstić information content (AvgIpc) is 2.26. The quantitative estimate of drug-likeness (QED) is 0.859. The lowest BCUT2D eigenvalue weighted by atomic mass is 9.77. The zero-order valence-electron chi connectivity index (χ0n) is 13.4. The Hall–Kier alpha value is -1.53. The molecule has 0 bridgehead atoms. The standard InChI is InChI=1S/C17H26N2O/c1-16(2,3)12-9-11(14(19)7-8-18)10-13(15(12)20)17(4,5)6/h9-10,14,20H,7,19H2,1-6H3/t14-/m0/s1. The maximum absolute atomic E-state index is 10.6. The fourth-order valence-corrected chi connectivity index (χ4v) is 2.23. The minimum Gasteiger partial charge on any atom is -0.507 e. The molecule has 110 valence electrons. The Bertz CT molecular complexity index is 492. The van der Waals surface area contributed by atoms with E-state index in [2.05, 4.69) is 47.6 Å². The van der Waals surface area contributed by atoms with E-state index in [9.17, 15) is 5.11 Å². The van der Waals surface area contributed by atoms with Gasteiger partial charge in [0.25, 0.3) is 0 Å². The first-order valence-corrected chi connectivity index (χ1v) is 6.99. The number of hydrogen-bond acceptors (Lipinski definition) is 3. The molecule has 0 amide bonds. The Labute approximate surface area is 122 Å². The van der Waals surface area contributed by atoms with Crippen molar-refractivity contribution in [1.29, 1.82) is 5.26 Å². The molecule has 1 aromatic carbocycles. The Balaban J connectivity index is 3.55. The van der Waals surface area contributed by atoms with Gasteiger partial charge in [0.15, 0.2) is 0 Å². The second-order valence-corrected chi connectivity index (χ2v) is 7.43. The summed E-state index contributed by atoms with van der Waals surface area (Å²) in [5, 5.41) is 19.4. The molecule has 0 aliphatic heterocycles. The number of phenolic OH excluding ortho intramolecular Hbond substituents is 1. The van der Waals surface area contributed by atoms with Crippen molar-refractivity contribution in [3.05, 3.63) is 28.8 Å². The minimum absolute atomic E-state index is 0.174. The van der Waals surface area contributed by atoms with Crippen LogP contribution in [-0.4, -0.2) is 5.11 Å². The molecule has 3 heteroatoms. The van der Waals surface area contributed by atoms with Gasteiger partial charge in [-0.1, -0.05) is 41.5 Å². The molecule has 0 aliphatic rings. The van der Waals surface area contributed by atoms with E-state index >= 15 is 0 Å². The van der Waals surface area contributed by atoms with Crippen LogP contribution in [-0.2, 0) is 10.8 Å². The van der Waals surface area contributed by atoms with E-state index in [0.717, 1.165) is 16.7 Å². The number of nitrogens with zero attached hydrogens (tertiary/aromatic N) is 1. The van der Waals surface area contributed by atoms with Crippen molar-refractivity contribution in [2.45, 2.75) is 64.8 Å². The molecule has 3 N–H and O–H groups in total. The summed E-state index contributed by atoms with van der Waals surface area (Å²) in [6, 6.07) is 5.67. The highest BCUT2D eigenvalue weighted by Gasteiger charge is 2.27. The van der Waals surface area contributed by atoms with Gasteiger partial charge in [0.05, 0.1) is 12.5 Å². The fraction of sp³-hybridized carbons (Fsp3) is 0.588. The molecular weight excluding hydrogens is 248 g/mol. The van der Waals surface area contributed by atoms with Crippen molar-refractivity contribution in [3.8, 4) is 11.8 Å². The monoisotopic (exact) mass is 274 g/mol. The molecule has 20 heavy (non-hydrogen) atoms. The van der Waals surface area contributed by atoms with Crippen molar-refractivity contribution in [3.63, 3.8) is 0 Å². The van der Waals surface area contributed by atoms with Crippen molar-refractivity contribution >= 4 is 0 Å². The first-order valence-electron chi connectivity index (χ1n) is 6.99. The van der Waals surface area contributed by atoms with Crippen LogP contribution in [0.2, 0.25) is 0 Å². The molecular formula is C17H26N2O. The lowest BCUT2D eigenvalue weighted by Crippen LogP contribution is -2.20.